The van der Waals surface area contributed by atoms with Crippen LogP contribution in [0.2, 0.25) is 0 Å². The molecule has 42 heavy (non-hydrogen) atoms. The number of hydrogen-bond donors (Lipinski definition) is 1. The van der Waals surface area contributed by atoms with Gasteiger partial charge in [-0.05, 0) is 63.5 Å². The Hall–Kier alpha value is -3.35. The molecule has 2 aliphatic rings. The summed E-state index contributed by atoms with van der Waals surface area (Å²) in [7, 11) is 0. The number of halogens is 5. The number of nitrogens with zero attached hydrogens (tertiary/aromatic N) is 4. The molecule has 3 aromatic rings. The molecule has 2 fully saturated rings. The van der Waals surface area contributed by atoms with Crippen molar-refractivity contribution < 1.29 is 40.9 Å². The van der Waals surface area contributed by atoms with Gasteiger partial charge < -0.3 is 19.1 Å². The van der Waals surface area contributed by atoms with Crippen molar-refractivity contribution >= 4 is 11.6 Å². The molecular formula is C29H33F5N4O4. The Morgan fingerprint density at radius 3 is 2.40 bits per heavy atom. The largest absolute Gasteiger partial charge is 0.417 e. The maximum Gasteiger partial charge on any atom is 0.417 e. The predicted molar refractivity (Wildman–Crippen MR) is 141 cm³/mol. The molecule has 0 atom stereocenters. The highest BCUT2D eigenvalue weighted by Crippen LogP contribution is 2.44. The number of unbranched alkanes of at least 4 members (excludes halogenated alkanes) is 2. The molecule has 1 aromatic carbocycles. The van der Waals surface area contributed by atoms with Gasteiger partial charge in [-0.3, -0.25) is 4.79 Å². The van der Waals surface area contributed by atoms with Gasteiger partial charge in [0.25, 0.3) is 5.89 Å². The third-order valence-electron chi connectivity index (χ3n) is 8.04. The van der Waals surface area contributed by atoms with E-state index in [0.717, 1.165) is 24.2 Å². The molecule has 0 unspecified atom stereocenters. The third kappa shape index (κ3) is 6.82. The van der Waals surface area contributed by atoms with Crippen molar-refractivity contribution in [3.05, 3.63) is 47.8 Å². The minimum atomic E-state index is -4.75. The first-order chi connectivity index (χ1) is 19.8. The predicted octanol–water partition coefficient (Wildman–Crippen LogP) is 6.94. The first-order valence-corrected chi connectivity index (χ1v) is 14.2. The zero-order valence-electron chi connectivity index (χ0n) is 23.2. The highest BCUT2D eigenvalue weighted by molar-refractivity contribution is 5.95. The van der Waals surface area contributed by atoms with E-state index in [1.807, 2.05) is 18.2 Å². The number of rotatable bonds is 11. The lowest BCUT2D eigenvalue weighted by molar-refractivity contribution is -0.271. The van der Waals surface area contributed by atoms with Gasteiger partial charge in [-0.1, -0.05) is 28.9 Å². The number of aryl methyl sites for hydroxylation is 1. The van der Waals surface area contributed by atoms with Crippen molar-refractivity contribution in [2.75, 3.05) is 11.4 Å². The Balaban J connectivity index is 1.27. The van der Waals surface area contributed by atoms with E-state index in [1.165, 1.54) is 0 Å². The van der Waals surface area contributed by atoms with Gasteiger partial charge in [0.1, 0.15) is 11.5 Å². The summed E-state index contributed by atoms with van der Waals surface area (Å²) >= 11 is 0. The molecule has 13 heteroatoms. The van der Waals surface area contributed by atoms with E-state index >= 15 is 0 Å². The molecule has 2 heterocycles. The summed E-state index contributed by atoms with van der Waals surface area (Å²) < 4.78 is 76.9. The summed E-state index contributed by atoms with van der Waals surface area (Å²) in [6.07, 6.45) is -1.84. The van der Waals surface area contributed by atoms with E-state index in [-0.39, 0.29) is 24.6 Å². The summed E-state index contributed by atoms with van der Waals surface area (Å²) in [4.78, 5) is 19.0. The number of anilines is 1. The molecule has 2 saturated carbocycles. The molecule has 2 aromatic heterocycles. The highest BCUT2D eigenvalue weighted by Gasteiger charge is 2.55. The summed E-state index contributed by atoms with van der Waals surface area (Å²) in [6.45, 7) is 0.967. The fraction of sp³-hybridized carbons (Fsp3) is 0.586. The number of aliphatic hydroxyl groups is 1. The fourth-order valence-corrected chi connectivity index (χ4v) is 5.30. The third-order valence-corrected chi connectivity index (χ3v) is 8.04. The van der Waals surface area contributed by atoms with Crippen LogP contribution in [-0.4, -0.2) is 44.6 Å². The van der Waals surface area contributed by atoms with Gasteiger partial charge in [0.05, 0.1) is 0 Å². The Morgan fingerprint density at radius 2 is 1.76 bits per heavy atom. The van der Waals surface area contributed by atoms with Gasteiger partial charge in [0, 0.05) is 49.0 Å². The Morgan fingerprint density at radius 1 is 1.02 bits per heavy atom. The topological polar surface area (TPSA) is 105 Å². The molecular weight excluding hydrogens is 563 g/mol. The smallest absolute Gasteiger partial charge is 0.380 e. The average molecular weight is 597 g/mol. The van der Waals surface area contributed by atoms with Crippen LogP contribution >= 0.6 is 0 Å². The minimum absolute atomic E-state index is 0.0821. The van der Waals surface area contributed by atoms with E-state index < -0.39 is 42.4 Å². The molecule has 0 aliphatic heterocycles. The van der Waals surface area contributed by atoms with E-state index in [2.05, 4.69) is 19.8 Å². The summed E-state index contributed by atoms with van der Waals surface area (Å²) in [6, 6.07) is 9.11. The lowest BCUT2D eigenvalue weighted by Gasteiger charge is -2.38. The number of aromatic nitrogens is 3. The molecule has 0 radical (unpaired) electrons. The SMILES string of the molecule is CC(F)(F)c1nc(CCCCCN(C(=O)C2CCC(O)(C(F)(F)F)CC2)c2cccc(-c3cc(C4CC4)on3)c2)no1. The van der Waals surface area contributed by atoms with E-state index in [9.17, 15) is 31.9 Å². The van der Waals surface area contributed by atoms with Gasteiger partial charge in [0.2, 0.25) is 5.91 Å². The summed E-state index contributed by atoms with van der Waals surface area (Å²) in [5.74, 6) is -3.56. The van der Waals surface area contributed by atoms with Crippen LogP contribution in [0.3, 0.4) is 0 Å². The number of alkyl halides is 5. The minimum Gasteiger partial charge on any atom is -0.380 e. The van der Waals surface area contributed by atoms with E-state index in [0.29, 0.717) is 56.5 Å². The maximum atomic E-state index is 13.7. The lowest BCUT2D eigenvalue weighted by atomic mass is 9.77. The van der Waals surface area contributed by atoms with Crippen molar-refractivity contribution in [1.82, 2.24) is 15.3 Å². The highest BCUT2D eigenvalue weighted by atomic mass is 19.4. The second kappa shape index (κ2) is 11.7. The van der Waals surface area contributed by atoms with Crippen LogP contribution in [0.25, 0.3) is 11.3 Å². The zero-order chi connectivity index (χ0) is 30.1. The lowest BCUT2D eigenvalue weighted by Crippen LogP contribution is -2.50. The normalized spacial score (nSPS) is 21.5. The second-order valence-electron chi connectivity index (χ2n) is 11.4. The molecule has 228 valence electrons. The molecule has 2 aliphatic carbocycles. The van der Waals surface area contributed by atoms with Crippen molar-refractivity contribution in [3.63, 3.8) is 0 Å². The van der Waals surface area contributed by atoms with Crippen LogP contribution in [0.5, 0.6) is 0 Å². The first-order valence-electron chi connectivity index (χ1n) is 14.2. The Bertz CT molecular complexity index is 1370. The van der Waals surface area contributed by atoms with Crippen LogP contribution in [-0.2, 0) is 17.1 Å². The van der Waals surface area contributed by atoms with Crippen molar-refractivity contribution in [3.8, 4) is 11.3 Å². The monoisotopic (exact) mass is 596 g/mol. The summed E-state index contributed by atoms with van der Waals surface area (Å²) in [5.41, 5.74) is -0.816. The van der Waals surface area contributed by atoms with Crippen LogP contribution < -0.4 is 4.90 Å². The van der Waals surface area contributed by atoms with Crippen LogP contribution in [0.15, 0.2) is 39.4 Å². The number of carbonyl (C=O) groups is 1. The molecule has 1 N–H and O–H groups in total. The van der Waals surface area contributed by atoms with E-state index in [1.54, 1.807) is 17.0 Å². The molecule has 0 bridgehead atoms. The molecule has 5 rings (SSSR count). The number of benzene rings is 1. The molecule has 8 nitrogen and oxygen atoms in total. The van der Waals surface area contributed by atoms with Crippen molar-refractivity contribution in [2.24, 2.45) is 5.92 Å². The number of amides is 1. The standard InChI is InChI=1S/C29H33F5N4O4/c1-27(30,31)26-35-24(37-42-26)8-3-2-4-15-38(25(39)19-11-13-28(40,14-12-19)29(32,33)34)21-7-5-6-20(16-21)22-17-23(41-36-22)18-9-10-18/h5-7,16-19,40H,2-4,8-15H2,1H3. The Labute approximate surface area is 239 Å². The van der Waals surface area contributed by atoms with Crippen molar-refractivity contribution in [1.29, 1.82) is 0 Å². The maximum absolute atomic E-state index is 13.7. The summed E-state index contributed by atoms with van der Waals surface area (Å²) in [5, 5.41) is 17.9. The van der Waals surface area contributed by atoms with E-state index in [4.69, 9.17) is 4.52 Å². The van der Waals surface area contributed by atoms with Crippen LogP contribution in [0.1, 0.15) is 88.1 Å². The average Bonchev–Trinajstić information content (AvgIpc) is 3.45. The number of carbonyl (C=O) groups excluding carboxylic acids is 1. The van der Waals surface area contributed by atoms with Gasteiger partial charge in [0.15, 0.2) is 11.4 Å². The van der Waals surface area contributed by atoms with Gasteiger partial charge in [-0.2, -0.15) is 26.9 Å². The quantitative estimate of drug-likeness (QED) is 0.189. The molecule has 0 spiro atoms. The van der Waals surface area contributed by atoms with Crippen LogP contribution in [0.4, 0.5) is 27.6 Å². The van der Waals surface area contributed by atoms with Gasteiger partial charge in [-0.25, -0.2) is 0 Å². The first kappa shape index (κ1) is 30.1. The van der Waals surface area contributed by atoms with Crippen LogP contribution in [0, 0.1) is 5.92 Å². The Kier molecular flexibility index (Phi) is 8.41. The van der Waals surface area contributed by atoms with Gasteiger partial charge >= 0.3 is 12.1 Å². The van der Waals surface area contributed by atoms with Gasteiger partial charge in [-0.15, -0.1) is 0 Å². The number of hydrogen-bond acceptors (Lipinski definition) is 7. The van der Waals surface area contributed by atoms with Crippen molar-refractivity contribution in [2.45, 2.75) is 94.7 Å². The zero-order valence-corrected chi connectivity index (χ0v) is 23.2. The fourth-order valence-electron chi connectivity index (χ4n) is 5.30. The molecule has 1 amide bonds. The molecule has 0 saturated heterocycles. The second-order valence-corrected chi connectivity index (χ2v) is 11.4.